The Morgan fingerprint density at radius 3 is 2.58 bits per heavy atom. The summed E-state index contributed by atoms with van der Waals surface area (Å²) in [7, 11) is 0. The highest BCUT2D eigenvalue weighted by atomic mass is 35.5. The molecule has 1 heterocycles. The van der Waals surface area contributed by atoms with Crippen molar-refractivity contribution >= 4 is 29.3 Å². The van der Waals surface area contributed by atoms with Gasteiger partial charge in [-0.05, 0) is 49.9 Å². The van der Waals surface area contributed by atoms with Crippen LogP contribution in [0.2, 0.25) is 5.02 Å². The van der Waals surface area contributed by atoms with E-state index in [4.69, 9.17) is 16.3 Å². The molecule has 1 aromatic heterocycles. The minimum Gasteiger partial charge on any atom is -0.388 e. The molecular formula is C23H23ClFN5O3. The van der Waals surface area contributed by atoms with Crippen LogP contribution in [0.5, 0.6) is 5.88 Å². The van der Waals surface area contributed by atoms with Gasteiger partial charge in [0.05, 0.1) is 18.7 Å². The van der Waals surface area contributed by atoms with Crippen molar-refractivity contribution in [2.75, 3.05) is 5.32 Å². The third-order valence-corrected chi connectivity index (χ3v) is 5.90. The van der Waals surface area contributed by atoms with Crippen LogP contribution >= 0.6 is 11.6 Å². The second-order valence-corrected chi connectivity index (χ2v) is 8.27. The van der Waals surface area contributed by atoms with Gasteiger partial charge in [0.1, 0.15) is 5.82 Å². The zero-order valence-corrected chi connectivity index (χ0v) is 18.5. The summed E-state index contributed by atoms with van der Waals surface area (Å²) in [6.45, 7) is 0. The van der Waals surface area contributed by atoms with Crippen LogP contribution in [0.25, 0.3) is 0 Å². The van der Waals surface area contributed by atoms with Crippen LogP contribution in [0.15, 0.2) is 54.7 Å². The van der Waals surface area contributed by atoms with Crippen molar-refractivity contribution in [1.29, 1.82) is 0 Å². The minimum atomic E-state index is -0.644. The van der Waals surface area contributed by atoms with Gasteiger partial charge in [-0.2, -0.15) is 0 Å². The molecule has 0 unspecified atom stereocenters. The Kier molecular flexibility index (Phi) is 7.19. The van der Waals surface area contributed by atoms with E-state index in [-0.39, 0.29) is 40.9 Å². The van der Waals surface area contributed by atoms with Gasteiger partial charge < -0.3 is 10.1 Å². The summed E-state index contributed by atoms with van der Waals surface area (Å²) in [5, 5.41) is 13.8. The van der Waals surface area contributed by atoms with Crippen molar-refractivity contribution in [2.45, 2.75) is 44.2 Å². The molecular weight excluding hydrogens is 449 g/mol. The molecule has 8 nitrogen and oxygen atoms in total. The topological polar surface area (TPSA) is 98.1 Å². The average Bonchev–Trinajstić information content (AvgIpc) is 3.26. The molecule has 1 saturated carbocycles. The molecule has 1 fully saturated rings. The van der Waals surface area contributed by atoms with E-state index in [1.54, 1.807) is 41.2 Å². The highest BCUT2D eigenvalue weighted by molar-refractivity contribution is 6.31. The Balaban J connectivity index is 1.24. The standard InChI is InChI=1S/C23H23ClFN5O3/c24-19-7-4-8-20(25)18(19)13-21(31)26-16-9-11-17(12-10-16)30-14-22(28-29-30)33-23(32)27-15-5-2-1-3-6-15/h1-8,14,16-17H,9-13H2,(H,26,31)(H,27,32)/t16-,17+. The first-order valence-corrected chi connectivity index (χ1v) is 11.0. The number of anilines is 1. The molecule has 0 saturated heterocycles. The van der Waals surface area contributed by atoms with Crippen LogP contribution in [-0.4, -0.2) is 33.0 Å². The van der Waals surface area contributed by atoms with Crippen molar-refractivity contribution in [3.63, 3.8) is 0 Å². The van der Waals surface area contributed by atoms with Crippen molar-refractivity contribution in [2.24, 2.45) is 0 Å². The van der Waals surface area contributed by atoms with E-state index >= 15 is 0 Å². The van der Waals surface area contributed by atoms with Crippen LogP contribution in [0.4, 0.5) is 14.9 Å². The third-order valence-electron chi connectivity index (χ3n) is 5.54. The van der Waals surface area contributed by atoms with E-state index < -0.39 is 11.9 Å². The minimum absolute atomic E-state index is 0.00445. The maximum absolute atomic E-state index is 13.9. The van der Waals surface area contributed by atoms with Crippen LogP contribution in [0.3, 0.4) is 0 Å². The number of carbonyl (C=O) groups is 2. The van der Waals surface area contributed by atoms with Crippen LogP contribution in [0.1, 0.15) is 37.3 Å². The number of para-hydroxylation sites is 1. The highest BCUT2D eigenvalue weighted by Gasteiger charge is 2.25. The molecule has 4 rings (SSSR count). The normalized spacial score (nSPS) is 17.9. The molecule has 2 N–H and O–H groups in total. The van der Waals surface area contributed by atoms with Gasteiger partial charge in [0.25, 0.3) is 5.88 Å². The zero-order valence-electron chi connectivity index (χ0n) is 17.7. The number of hydrogen-bond donors (Lipinski definition) is 2. The van der Waals surface area contributed by atoms with Gasteiger partial charge in [-0.25, -0.2) is 13.9 Å². The number of carbonyl (C=O) groups excluding carboxylic acids is 2. The van der Waals surface area contributed by atoms with Crippen molar-refractivity contribution < 1.29 is 18.7 Å². The number of hydrogen-bond acceptors (Lipinski definition) is 5. The summed E-state index contributed by atoms with van der Waals surface area (Å²) in [6.07, 6.45) is 3.87. The first-order chi connectivity index (χ1) is 16.0. The molecule has 0 atom stereocenters. The van der Waals surface area contributed by atoms with Gasteiger partial charge in [-0.15, -0.1) is 0 Å². The second-order valence-electron chi connectivity index (χ2n) is 7.87. The fourth-order valence-corrected chi connectivity index (χ4v) is 4.10. The highest BCUT2D eigenvalue weighted by Crippen LogP contribution is 2.29. The number of nitrogens with one attached hydrogen (secondary N) is 2. The molecule has 1 aliphatic carbocycles. The van der Waals surface area contributed by atoms with Crippen LogP contribution in [-0.2, 0) is 11.2 Å². The van der Waals surface area contributed by atoms with Gasteiger partial charge in [0.2, 0.25) is 5.91 Å². The van der Waals surface area contributed by atoms with E-state index in [0.29, 0.717) is 5.69 Å². The largest absolute Gasteiger partial charge is 0.418 e. The van der Waals surface area contributed by atoms with Gasteiger partial charge in [0, 0.05) is 22.3 Å². The van der Waals surface area contributed by atoms with Crippen molar-refractivity contribution in [3.8, 4) is 5.88 Å². The first-order valence-electron chi connectivity index (χ1n) is 10.7. The fourth-order valence-electron chi connectivity index (χ4n) is 3.87. The molecule has 10 heteroatoms. The Morgan fingerprint density at radius 1 is 1.09 bits per heavy atom. The predicted molar refractivity (Wildman–Crippen MR) is 121 cm³/mol. The van der Waals surface area contributed by atoms with E-state index in [2.05, 4.69) is 20.9 Å². The maximum atomic E-state index is 13.9. The van der Waals surface area contributed by atoms with Gasteiger partial charge >= 0.3 is 6.09 Å². The quantitative estimate of drug-likeness (QED) is 0.550. The molecule has 0 spiro atoms. The fraction of sp³-hybridized carbons (Fsp3) is 0.304. The SMILES string of the molecule is O=C(Cc1c(F)cccc1Cl)N[C@H]1CC[C@@H](n2cc(OC(=O)Nc3ccccc3)nn2)CC1. The van der Waals surface area contributed by atoms with Crippen molar-refractivity contribution in [1.82, 2.24) is 20.3 Å². The number of amides is 2. The molecule has 0 radical (unpaired) electrons. The number of ether oxygens (including phenoxy) is 1. The lowest BCUT2D eigenvalue weighted by Gasteiger charge is -2.29. The number of nitrogens with zero attached hydrogens (tertiary/aromatic N) is 3. The average molecular weight is 472 g/mol. The lowest BCUT2D eigenvalue weighted by Crippen LogP contribution is -2.39. The number of benzene rings is 2. The smallest absolute Gasteiger partial charge is 0.388 e. The molecule has 172 valence electrons. The molecule has 0 aliphatic heterocycles. The molecule has 33 heavy (non-hydrogen) atoms. The Labute approximate surface area is 195 Å². The van der Waals surface area contributed by atoms with Gasteiger partial charge in [-0.1, -0.05) is 46.2 Å². The monoisotopic (exact) mass is 471 g/mol. The maximum Gasteiger partial charge on any atom is 0.418 e. The van der Waals surface area contributed by atoms with Crippen molar-refractivity contribution in [3.05, 3.63) is 71.1 Å². The van der Waals surface area contributed by atoms with E-state index in [9.17, 15) is 14.0 Å². The predicted octanol–water partition coefficient (Wildman–Crippen LogP) is 4.52. The number of aromatic nitrogens is 3. The molecule has 3 aromatic rings. The molecule has 0 bridgehead atoms. The Hall–Kier alpha value is -3.46. The van der Waals surface area contributed by atoms with E-state index in [1.165, 1.54) is 12.1 Å². The summed E-state index contributed by atoms with van der Waals surface area (Å²) < 4.78 is 20.8. The van der Waals surface area contributed by atoms with E-state index in [1.807, 2.05) is 6.07 Å². The van der Waals surface area contributed by atoms with E-state index in [0.717, 1.165) is 25.7 Å². The number of halogens is 2. The second kappa shape index (κ2) is 10.4. The summed E-state index contributed by atoms with van der Waals surface area (Å²) in [6, 6.07) is 13.4. The lowest BCUT2D eigenvalue weighted by molar-refractivity contribution is -0.121. The summed E-state index contributed by atoms with van der Waals surface area (Å²) >= 11 is 6.01. The summed E-state index contributed by atoms with van der Waals surface area (Å²) in [5.74, 6) is -0.630. The third kappa shape index (κ3) is 6.07. The summed E-state index contributed by atoms with van der Waals surface area (Å²) in [4.78, 5) is 24.4. The number of rotatable bonds is 6. The molecule has 2 amide bonds. The van der Waals surface area contributed by atoms with Gasteiger partial charge in [-0.3, -0.25) is 10.1 Å². The summed E-state index contributed by atoms with van der Waals surface area (Å²) in [5.41, 5.74) is 0.823. The lowest BCUT2D eigenvalue weighted by atomic mass is 9.91. The Bertz CT molecular complexity index is 1100. The van der Waals surface area contributed by atoms with Crippen LogP contribution in [0, 0.1) is 5.82 Å². The molecule has 1 aliphatic rings. The molecule has 2 aromatic carbocycles. The Morgan fingerprint density at radius 2 is 1.85 bits per heavy atom. The zero-order chi connectivity index (χ0) is 23.2. The van der Waals surface area contributed by atoms with Crippen LogP contribution < -0.4 is 15.4 Å². The van der Waals surface area contributed by atoms with Gasteiger partial charge in [0.15, 0.2) is 0 Å². The first kappa shape index (κ1) is 22.7.